The van der Waals surface area contributed by atoms with E-state index in [-0.39, 0.29) is 29.2 Å². The normalized spacial score (nSPS) is 18.5. The van der Waals surface area contributed by atoms with Crippen molar-refractivity contribution in [2.45, 2.75) is 53.0 Å². The standard InChI is InChI=1S/C29H29N3O5/c1-5-26(34)31-22-9-7-6-8-20(22)30-21-15-29(3,4)16-23(33)27(21)28(31)25-13-12-24(37-25)19-11-10-18(32(35)36)14-17(19)2/h6-14,28,30H,5,15-16H2,1-4H3. The van der Waals surface area contributed by atoms with Crippen LogP contribution in [0.4, 0.5) is 17.1 Å². The Balaban J connectivity index is 1.70. The van der Waals surface area contributed by atoms with Gasteiger partial charge in [0.2, 0.25) is 5.91 Å². The average molecular weight is 500 g/mol. The molecular formula is C29H29N3O5. The number of Topliss-reactive ketones (excluding diaryl/α,β-unsaturated/α-hetero) is 1. The summed E-state index contributed by atoms with van der Waals surface area (Å²) < 4.78 is 6.36. The predicted octanol–water partition coefficient (Wildman–Crippen LogP) is 6.72. The quantitative estimate of drug-likeness (QED) is 0.316. The summed E-state index contributed by atoms with van der Waals surface area (Å²) in [7, 11) is 0. The van der Waals surface area contributed by atoms with Gasteiger partial charge in [-0.3, -0.25) is 24.6 Å². The fourth-order valence-corrected chi connectivity index (χ4v) is 5.38. The molecule has 0 saturated heterocycles. The summed E-state index contributed by atoms with van der Waals surface area (Å²) in [5, 5.41) is 14.7. The highest BCUT2D eigenvalue weighted by molar-refractivity contribution is 6.06. The Labute approximate surface area is 215 Å². The van der Waals surface area contributed by atoms with Crippen LogP contribution in [-0.4, -0.2) is 16.6 Å². The zero-order valence-corrected chi connectivity index (χ0v) is 21.3. The minimum Gasteiger partial charge on any atom is -0.458 e. The Kier molecular flexibility index (Phi) is 5.98. The molecule has 8 heteroatoms. The molecule has 1 aliphatic carbocycles. The number of nitro groups is 1. The van der Waals surface area contributed by atoms with Crippen LogP contribution in [0.25, 0.3) is 11.3 Å². The number of carbonyl (C=O) groups is 2. The van der Waals surface area contributed by atoms with Crippen molar-refractivity contribution >= 4 is 28.8 Å². The van der Waals surface area contributed by atoms with Gasteiger partial charge in [0.25, 0.3) is 5.69 Å². The van der Waals surface area contributed by atoms with Gasteiger partial charge in [0.1, 0.15) is 17.6 Å². The molecule has 1 amide bonds. The molecule has 0 spiro atoms. The van der Waals surface area contributed by atoms with E-state index in [2.05, 4.69) is 19.2 Å². The molecule has 8 nitrogen and oxygen atoms in total. The largest absolute Gasteiger partial charge is 0.458 e. The van der Waals surface area contributed by atoms with E-state index in [1.807, 2.05) is 24.3 Å². The minimum absolute atomic E-state index is 0.00408. The molecule has 2 heterocycles. The van der Waals surface area contributed by atoms with Crippen molar-refractivity contribution in [2.75, 3.05) is 10.2 Å². The zero-order valence-electron chi connectivity index (χ0n) is 21.3. The van der Waals surface area contributed by atoms with Crippen LogP contribution in [0, 0.1) is 22.5 Å². The lowest BCUT2D eigenvalue weighted by Crippen LogP contribution is -2.39. The van der Waals surface area contributed by atoms with E-state index in [9.17, 15) is 19.7 Å². The van der Waals surface area contributed by atoms with Gasteiger partial charge in [-0.1, -0.05) is 32.9 Å². The van der Waals surface area contributed by atoms with Crippen molar-refractivity contribution in [1.82, 2.24) is 0 Å². The number of ketones is 1. The zero-order chi connectivity index (χ0) is 26.5. The number of furan rings is 1. The van der Waals surface area contributed by atoms with Crippen molar-refractivity contribution in [3.8, 4) is 11.3 Å². The topological polar surface area (TPSA) is 106 Å². The SMILES string of the molecule is CCC(=O)N1c2ccccc2NC2=C(C(=O)CC(C)(C)C2)C1c1ccc(-c2ccc([N+](=O)[O-])cc2C)o1. The third-order valence-electron chi connectivity index (χ3n) is 7.05. The van der Waals surface area contributed by atoms with Crippen molar-refractivity contribution < 1.29 is 18.9 Å². The Bertz CT molecular complexity index is 1470. The number of benzene rings is 2. The summed E-state index contributed by atoms with van der Waals surface area (Å²) in [5.41, 5.74) is 3.98. The molecular weight excluding hydrogens is 470 g/mol. The summed E-state index contributed by atoms with van der Waals surface area (Å²) in [6.07, 6.45) is 1.27. The van der Waals surface area contributed by atoms with E-state index < -0.39 is 11.0 Å². The number of hydrogen-bond acceptors (Lipinski definition) is 6. The summed E-state index contributed by atoms with van der Waals surface area (Å²) in [6, 6.07) is 15.0. The number of hydrogen-bond donors (Lipinski definition) is 1. The highest BCUT2D eigenvalue weighted by atomic mass is 16.6. The van der Waals surface area contributed by atoms with Crippen LogP contribution in [0.3, 0.4) is 0 Å². The number of anilines is 2. The number of amides is 1. The number of carbonyl (C=O) groups excluding carboxylic acids is 2. The molecule has 2 aliphatic rings. The first-order valence-electron chi connectivity index (χ1n) is 12.4. The van der Waals surface area contributed by atoms with Gasteiger partial charge in [-0.25, -0.2) is 0 Å². The number of fused-ring (bicyclic) bond motifs is 1. The second-order valence-corrected chi connectivity index (χ2v) is 10.5. The van der Waals surface area contributed by atoms with Crippen molar-refractivity contribution in [3.05, 3.63) is 87.3 Å². The van der Waals surface area contributed by atoms with Gasteiger partial charge < -0.3 is 9.73 Å². The fraction of sp³-hybridized carbons (Fsp3) is 0.310. The molecule has 1 atom stereocenters. The number of non-ortho nitro benzene ring substituents is 1. The number of nitro benzene ring substituents is 1. The van der Waals surface area contributed by atoms with E-state index in [1.165, 1.54) is 12.1 Å². The second kappa shape index (κ2) is 9.03. The molecule has 5 rings (SSSR count). The van der Waals surface area contributed by atoms with Gasteiger partial charge in [0.15, 0.2) is 5.78 Å². The van der Waals surface area contributed by atoms with Crippen molar-refractivity contribution in [2.24, 2.45) is 5.41 Å². The Hall–Kier alpha value is -4.20. The van der Waals surface area contributed by atoms with Crippen LogP contribution in [0.15, 0.2) is 70.3 Å². The molecule has 0 fully saturated rings. The lowest BCUT2D eigenvalue weighted by Gasteiger charge is -2.36. The lowest BCUT2D eigenvalue weighted by atomic mass is 9.74. The maximum atomic E-state index is 13.7. The molecule has 190 valence electrons. The van der Waals surface area contributed by atoms with E-state index >= 15 is 0 Å². The van der Waals surface area contributed by atoms with E-state index in [0.717, 1.165) is 11.4 Å². The number of para-hydroxylation sites is 2. The summed E-state index contributed by atoms with van der Waals surface area (Å²) >= 11 is 0. The summed E-state index contributed by atoms with van der Waals surface area (Å²) in [4.78, 5) is 39.6. The highest BCUT2D eigenvalue weighted by Gasteiger charge is 2.44. The van der Waals surface area contributed by atoms with Gasteiger partial charge in [-0.15, -0.1) is 0 Å². The molecule has 3 aromatic rings. The van der Waals surface area contributed by atoms with Crippen LogP contribution >= 0.6 is 0 Å². The molecule has 0 radical (unpaired) electrons. The smallest absolute Gasteiger partial charge is 0.269 e. The second-order valence-electron chi connectivity index (χ2n) is 10.5. The first-order chi connectivity index (χ1) is 17.6. The van der Waals surface area contributed by atoms with Crippen LogP contribution in [-0.2, 0) is 9.59 Å². The van der Waals surface area contributed by atoms with Crippen molar-refractivity contribution in [1.29, 1.82) is 0 Å². The Morgan fingerprint density at radius 3 is 2.62 bits per heavy atom. The number of aryl methyl sites for hydroxylation is 1. The molecule has 0 saturated carbocycles. The van der Waals surface area contributed by atoms with Gasteiger partial charge in [0, 0.05) is 41.8 Å². The Morgan fingerprint density at radius 2 is 1.92 bits per heavy atom. The fourth-order valence-electron chi connectivity index (χ4n) is 5.38. The highest BCUT2D eigenvalue weighted by Crippen LogP contribution is 2.49. The van der Waals surface area contributed by atoms with Gasteiger partial charge in [0.05, 0.1) is 16.3 Å². The molecule has 1 aromatic heterocycles. The third-order valence-corrected chi connectivity index (χ3v) is 7.05. The van der Waals surface area contributed by atoms with E-state index in [1.54, 1.807) is 36.9 Å². The third kappa shape index (κ3) is 4.33. The summed E-state index contributed by atoms with van der Waals surface area (Å²) in [5.74, 6) is 0.834. The number of nitrogens with one attached hydrogen (secondary N) is 1. The number of allylic oxidation sites excluding steroid dienone is 1. The van der Waals surface area contributed by atoms with Crippen LogP contribution in [0.2, 0.25) is 0 Å². The van der Waals surface area contributed by atoms with Crippen LogP contribution in [0.5, 0.6) is 0 Å². The maximum Gasteiger partial charge on any atom is 0.269 e. The molecule has 2 aromatic carbocycles. The monoisotopic (exact) mass is 499 g/mol. The first-order valence-corrected chi connectivity index (χ1v) is 12.4. The Morgan fingerprint density at radius 1 is 1.16 bits per heavy atom. The average Bonchev–Trinajstić information content (AvgIpc) is 3.26. The number of rotatable bonds is 4. The molecule has 37 heavy (non-hydrogen) atoms. The van der Waals surface area contributed by atoms with Gasteiger partial charge in [-0.05, 0) is 54.7 Å². The van der Waals surface area contributed by atoms with Crippen LogP contribution in [0.1, 0.15) is 57.4 Å². The van der Waals surface area contributed by atoms with E-state index in [4.69, 9.17) is 4.42 Å². The van der Waals surface area contributed by atoms with Gasteiger partial charge >= 0.3 is 0 Å². The molecule has 1 unspecified atom stereocenters. The lowest BCUT2D eigenvalue weighted by molar-refractivity contribution is -0.384. The van der Waals surface area contributed by atoms with Crippen molar-refractivity contribution in [3.63, 3.8) is 0 Å². The molecule has 0 bridgehead atoms. The van der Waals surface area contributed by atoms with E-state index in [0.29, 0.717) is 46.7 Å². The summed E-state index contributed by atoms with van der Waals surface area (Å²) in [6.45, 7) is 7.73. The first kappa shape index (κ1) is 24.5. The number of nitrogens with zero attached hydrogens (tertiary/aromatic N) is 2. The molecule has 1 N–H and O–H groups in total. The van der Waals surface area contributed by atoms with Crippen LogP contribution < -0.4 is 10.2 Å². The predicted molar refractivity (Wildman–Crippen MR) is 141 cm³/mol. The minimum atomic E-state index is -0.741. The van der Waals surface area contributed by atoms with Gasteiger partial charge in [-0.2, -0.15) is 0 Å². The molecule has 1 aliphatic heterocycles. The maximum absolute atomic E-state index is 13.7.